The van der Waals surface area contributed by atoms with E-state index in [9.17, 15) is 9.59 Å². The van der Waals surface area contributed by atoms with Crippen LogP contribution in [-0.4, -0.2) is 25.0 Å². The predicted octanol–water partition coefficient (Wildman–Crippen LogP) is 5.50. The number of hydrogen-bond acceptors (Lipinski definition) is 3. The summed E-state index contributed by atoms with van der Waals surface area (Å²) in [5.41, 5.74) is 5.41. The lowest BCUT2D eigenvalue weighted by molar-refractivity contribution is -0.116. The lowest BCUT2D eigenvalue weighted by Crippen LogP contribution is -2.31. The number of benzene rings is 4. The second-order valence-corrected chi connectivity index (χ2v) is 8.84. The molecule has 0 radical (unpaired) electrons. The third kappa shape index (κ3) is 5.37. The van der Waals surface area contributed by atoms with Crippen molar-refractivity contribution in [2.45, 2.75) is 18.4 Å². The lowest BCUT2D eigenvalue weighted by Gasteiger charge is -2.26. The summed E-state index contributed by atoms with van der Waals surface area (Å²) in [6, 6.07) is 34.6. The molecule has 0 saturated carbocycles. The molecule has 2 N–H and O–H groups in total. The molecule has 5 heteroatoms. The van der Waals surface area contributed by atoms with Crippen LogP contribution >= 0.6 is 0 Å². The van der Waals surface area contributed by atoms with Crippen molar-refractivity contribution >= 4 is 17.5 Å². The van der Waals surface area contributed by atoms with E-state index >= 15 is 0 Å². The molecule has 180 valence electrons. The molecule has 1 aliphatic heterocycles. The largest absolute Gasteiger partial charge is 0.371 e. The lowest BCUT2D eigenvalue weighted by atomic mass is 9.90. The zero-order valence-corrected chi connectivity index (χ0v) is 19.9. The zero-order chi connectivity index (χ0) is 24.7. The monoisotopic (exact) mass is 476 g/mol. The number of carbonyl (C=O) groups excluding carboxylic acids is 2. The van der Waals surface area contributed by atoms with Gasteiger partial charge in [-0.2, -0.15) is 0 Å². The Morgan fingerprint density at radius 2 is 1.39 bits per heavy atom. The van der Waals surface area contributed by atoms with Gasteiger partial charge < -0.3 is 15.4 Å². The van der Waals surface area contributed by atoms with Crippen LogP contribution in [0.15, 0.2) is 109 Å². The minimum atomic E-state index is -0.436. The minimum Gasteiger partial charge on any atom is -0.371 e. The van der Waals surface area contributed by atoms with Crippen LogP contribution in [0.5, 0.6) is 0 Å². The van der Waals surface area contributed by atoms with Crippen molar-refractivity contribution in [1.82, 2.24) is 5.32 Å². The second-order valence-electron chi connectivity index (χ2n) is 8.84. The van der Waals surface area contributed by atoms with Crippen molar-refractivity contribution in [3.05, 3.63) is 137 Å². The average Bonchev–Trinajstić information content (AvgIpc) is 2.93. The summed E-state index contributed by atoms with van der Waals surface area (Å²) >= 11 is 0. The van der Waals surface area contributed by atoms with E-state index in [1.807, 2.05) is 72.8 Å². The van der Waals surface area contributed by atoms with Crippen LogP contribution in [0.2, 0.25) is 0 Å². The summed E-state index contributed by atoms with van der Waals surface area (Å²) in [5, 5.41) is 5.99. The number of nitrogens with one attached hydrogen (secondary N) is 2. The molecular formula is C31H28N2O3. The van der Waals surface area contributed by atoms with Crippen molar-refractivity contribution in [2.24, 2.45) is 0 Å². The fraction of sp³-hybridized carbons (Fsp3) is 0.161. The Morgan fingerprint density at radius 1 is 0.778 bits per heavy atom. The van der Waals surface area contributed by atoms with Crippen molar-refractivity contribution in [1.29, 1.82) is 0 Å². The number of anilines is 1. The molecule has 2 amide bonds. The third-order valence-electron chi connectivity index (χ3n) is 6.48. The number of ether oxygens (including phenoxy) is 1. The van der Waals surface area contributed by atoms with Gasteiger partial charge in [0.15, 0.2) is 0 Å². The summed E-state index contributed by atoms with van der Waals surface area (Å²) in [6.07, 6.45) is 0.744. The maximum Gasteiger partial charge on any atom is 0.251 e. The van der Waals surface area contributed by atoms with Crippen LogP contribution in [0, 0.1) is 0 Å². The Balaban J connectivity index is 1.24. The molecule has 0 aromatic heterocycles. The SMILES string of the molecule is O=C(NC[C@@H]1OCCc2ccccc21)c1ccc(NC(=O)C(c2ccccc2)c2ccccc2)cc1. The highest BCUT2D eigenvalue weighted by atomic mass is 16.5. The maximum absolute atomic E-state index is 13.3. The van der Waals surface area contributed by atoms with E-state index in [1.54, 1.807) is 24.3 Å². The molecule has 5 rings (SSSR count). The quantitative estimate of drug-likeness (QED) is 0.370. The zero-order valence-electron chi connectivity index (χ0n) is 19.9. The van der Waals surface area contributed by atoms with E-state index < -0.39 is 5.92 Å². The van der Waals surface area contributed by atoms with Gasteiger partial charge in [0.1, 0.15) is 6.10 Å². The molecule has 4 aromatic carbocycles. The van der Waals surface area contributed by atoms with Crippen LogP contribution in [0.4, 0.5) is 5.69 Å². The van der Waals surface area contributed by atoms with Gasteiger partial charge >= 0.3 is 0 Å². The highest BCUT2D eigenvalue weighted by Gasteiger charge is 2.23. The van der Waals surface area contributed by atoms with E-state index in [1.165, 1.54) is 5.56 Å². The number of fused-ring (bicyclic) bond motifs is 1. The topological polar surface area (TPSA) is 67.4 Å². The van der Waals surface area contributed by atoms with E-state index in [-0.39, 0.29) is 17.9 Å². The standard InChI is InChI=1S/C31H28N2O3/c34-30(32-21-28-27-14-8-7-9-22(27)19-20-36-28)25-15-17-26(18-16-25)33-31(35)29(23-10-3-1-4-11-23)24-12-5-2-6-13-24/h1-18,28-29H,19-21H2,(H,32,34)(H,33,35)/t28-/m0/s1. The molecule has 0 unspecified atom stereocenters. The van der Waals surface area contributed by atoms with Gasteiger partial charge in [0.25, 0.3) is 5.91 Å². The Labute approximate surface area is 211 Å². The Morgan fingerprint density at radius 3 is 2.06 bits per heavy atom. The van der Waals surface area contributed by atoms with E-state index in [2.05, 4.69) is 22.8 Å². The Hall–Kier alpha value is -4.22. The molecular weight excluding hydrogens is 448 g/mol. The number of amides is 2. The molecule has 1 atom stereocenters. The van der Waals surface area contributed by atoms with E-state index in [0.29, 0.717) is 24.4 Å². The molecule has 0 bridgehead atoms. The maximum atomic E-state index is 13.3. The molecule has 36 heavy (non-hydrogen) atoms. The van der Waals surface area contributed by atoms with Gasteiger partial charge in [0.05, 0.1) is 12.5 Å². The van der Waals surface area contributed by atoms with Crippen molar-refractivity contribution in [3.8, 4) is 0 Å². The summed E-state index contributed by atoms with van der Waals surface area (Å²) < 4.78 is 5.89. The van der Waals surface area contributed by atoms with Gasteiger partial charge in [0, 0.05) is 17.8 Å². The van der Waals surface area contributed by atoms with Gasteiger partial charge in [-0.3, -0.25) is 9.59 Å². The molecule has 1 heterocycles. The smallest absolute Gasteiger partial charge is 0.251 e. The van der Waals surface area contributed by atoms with Crippen LogP contribution in [0.3, 0.4) is 0 Å². The van der Waals surface area contributed by atoms with Crippen LogP contribution in [-0.2, 0) is 16.0 Å². The van der Waals surface area contributed by atoms with Gasteiger partial charge in [-0.05, 0) is 52.9 Å². The molecule has 0 fully saturated rings. The van der Waals surface area contributed by atoms with Crippen LogP contribution < -0.4 is 10.6 Å². The number of hydrogen-bond donors (Lipinski definition) is 2. The molecule has 1 aliphatic rings. The van der Waals surface area contributed by atoms with E-state index in [0.717, 1.165) is 23.1 Å². The summed E-state index contributed by atoms with van der Waals surface area (Å²) in [7, 11) is 0. The van der Waals surface area contributed by atoms with Crippen molar-refractivity contribution < 1.29 is 14.3 Å². The molecule has 0 spiro atoms. The van der Waals surface area contributed by atoms with Gasteiger partial charge in [-0.25, -0.2) is 0 Å². The van der Waals surface area contributed by atoms with Gasteiger partial charge in [0.2, 0.25) is 5.91 Å². The first kappa shape index (κ1) is 23.5. The molecule has 0 saturated heterocycles. The molecule has 5 nitrogen and oxygen atoms in total. The first-order chi connectivity index (χ1) is 17.7. The minimum absolute atomic E-state index is 0.127. The third-order valence-corrected chi connectivity index (χ3v) is 6.48. The first-order valence-corrected chi connectivity index (χ1v) is 12.2. The first-order valence-electron chi connectivity index (χ1n) is 12.2. The van der Waals surface area contributed by atoms with Crippen molar-refractivity contribution in [2.75, 3.05) is 18.5 Å². The Bertz CT molecular complexity index is 1280. The number of carbonyl (C=O) groups is 2. The highest BCUT2D eigenvalue weighted by molar-refractivity contribution is 5.99. The van der Waals surface area contributed by atoms with E-state index in [4.69, 9.17) is 4.74 Å². The van der Waals surface area contributed by atoms with Crippen LogP contribution in [0.1, 0.15) is 44.6 Å². The predicted molar refractivity (Wildman–Crippen MR) is 141 cm³/mol. The Kier molecular flexibility index (Phi) is 7.20. The van der Waals surface area contributed by atoms with Crippen molar-refractivity contribution in [3.63, 3.8) is 0 Å². The summed E-state index contributed by atoms with van der Waals surface area (Å²) in [5.74, 6) is -0.738. The van der Waals surface area contributed by atoms with Gasteiger partial charge in [-0.1, -0.05) is 84.9 Å². The fourth-order valence-electron chi connectivity index (χ4n) is 4.64. The summed E-state index contributed by atoms with van der Waals surface area (Å²) in [6.45, 7) is 1.06. The molecule has 0 aliphatic carbocycles. The fourth-order valence-corrected chi connectivity index (χ4v) is 4.64. The normalized spacial score (nSPS) is 14.6. The summed E-state index contributed by atoms with van der Waals surface area (Å²) in [4.78, 5) is 26.1. The van der Waals surface area contributed by atoms with Gasteiger partial charge in [-0.15, -0.1) is 0 Å². The second kappa shape index (κ2) is 11.0. The average molecular weight is 477 g/mol. The van der Waals surface area contributed by atoms with Crippen LogP contribution in [0.25, 0.3) is 0 Å². The molecule has 4 aromatic rings. The number of rotatable bonds is 7. The highest BCUT2D eigenvalue weighted by Crippen LogP contribution is 2.27.